The predicted octanol–water partition coefficient (Wildman–Crippen LogP) is 4.42. The van der Waals surface area contributed by atoms with Gasteiger partial charge in [-0.2, -0.15) is 0 Å². The molecule has 124 valence electrons. The maximum absolute atomic E-state index is 12.3. The van der Waals surface area contributed by atoms with Crippen molar-refractivity contribution in [2.24, 2.45) is 0 Å². The molecule has 0 saturated carbocycles. The molecule has 1 aromatic carbocycles. The van der Waals surface area contributed by atoms with E-state index in [9.17, 15) is 4.79 Å². The Kier molecular flexibility index (Phi) is 5.65. The molecule has 2 amide bonds. The second-order valence-corrected chi connectivity index (χ2v) is 6.68. The molecule has 6 nitrogen and oxygen atoms in total. The Hall–Kier alpha value is -2.02. The van der Waals surface area contributed by atoms with Gasteiger partial charge in [0.1, 0.15) is 0 Å². The van der Waals surface area contributed by atoms with Gasteiger partial charge in [-0.25, -0.2) is 4.79 Å². The van der Waals surface area contributed by atoms with Gasteiger partial charge in [-0.15, -0.1) is 10.2 Å². The number of aromatic amines is 1. The summed E-state index contributed by atoms with van der Waals surface area (Å²) in [4.78, 5) is 15.2. The van der Waals surface area contributed by atoms with Crippen molar-refractivity contribution in [3.63, 3.8) is 0 Å². The van der Waals surface area contributed by atoms with E-state index in [1.165, 1.54) is 11.8 Å². The highest BCUT2D eigenvalue weighted by atomic mass is 32.2. The Bertz CT molecular complexity index is 655. The molecule has 1 aromatic heterocycles. The van der Waals surface area contributed by atoms with Crippen molar-refractivity contribution in [2.75, 3.05) is 16.9 Å². The number of nitrogens with zero attached hydrogens (tertiary/aromatic N) is 2. The van der Waals surface area contributed by atoms with Crippen molar-refractivity contribution in [2.45, 2.75) is 44.7 Å². The molecule has 23 heavy (non-hydrogen) atoms. The average Bonchev–Trinajstić information content (AvgIpc) is 2.94. The standard InChI is InChI=1S/C16H23N5OS/c1-9(2)11-7-6-8-12(10(3)4)13(11)17-15(22)18-14-19-16(23-5)21-20-14/h6-10H,1-5H3,(H3,17,18,19,20,21,22). The summed E-state index contributed by atoms with van der Waals surface area (Å²) >= 11 is 1.43. The van der Waals surface area contributed by atoms with Gasteiger partial charge in [0, 0.05) is 5.69 Å². The highest BCUT2D eigenvalue weighted by Crippen LogP contribution is 2.32. The third-order valence-electron chi connectivity index (χ3n) is 3.50. The molecular weight excluding hydrogens is 310 g/mol. The Balaban J connectivity index is 2.22. The first-order valence-electron chi connectivity index (χ1n) is 7.59. The number of anilines is 2. The number of para-hydroxylation sites is 1. The smallest absolute Gasteiger partial charge is 0.307 e. The lowest BCUT2D eigenvalue weighted by molar-refractivity contribution is 0.262. The molecular formula is C16H23N5OS. The van der Waals surface area contributed by atoms with Gasteiger partial charge in [0.15, 0.2) is 5.16 Å². The molecule has 0 saturated heterocycles. The second-order valence-electron chi connectivity index (χ2n) is 5.88. The van der Waals surface area contributed by atoms with Gasteiger partial charge in [-0.05, 0) is 29.2 Å². The number of aromatic nitrogens is 3. The minimum Gasteiger partial charge on any atom is -0.307 e. The van der Waals surface area contributed by atoms with Gasteiger partial charge < -0.3 is 10.3 Å². The van der Waals surface area contributed by atoms with Crippen LogP contribution in [0.5, 0.6) is 0 Å². The third kappa shape index (κ3) is 4.25. The van der Waals surface area contributed by atoms with E-state index in [2.05, 4.69) is 53.5 Å². The zero-order valence-electron chi connectivity index (χ0n) is 14.1. The number of amides is 2. The zero-order valence-corrected chi connectivity index (χ0v) is 14.9. The molecule has 3 N–H and O–H groups in total. The van der Waals surface area contributed by atoms with E-state index in [4.69, 9.17) is 0 Å². The summed E-state index contributed by atoms with van der Waals surface area (Å²) in [5.41, 5.74) is 3.11. The molecule has 0 radical (unpaired) electrons. The minimum atomic E-state index is -0.330. The quantitative estimate of drug-likeness (QED) is 0.707. The van der Waals surface area contributed by atoms with Crippen LogP contribution in [0.2, 0.25) is 0 Å². The average molecular weight is 333 g/mol. The molecule has 1 heterocycles. The Labute approximate surface area is 140 Å². The van der Waals surface area contributed by atoms with Crippen molar-refractivity contribution in [1.82, 2.24) is 15.2 Å². The van der Waals surface area contributed by atoms with E-state index in [0.717, 1.165) is 16.8 Å². The normalized spacial score (nSPS) is 11.1. The SMILES string of the molecule is CSc1nnc(NC(=O)Nc2c(C(C)C)cccc2C(C)C)[nH]1. The summed E-state index contributed by atoms with van der Waals surface area (Å²) in [7, 11) is 0. The van der Waals surface area contributed by atoms with Gasteiger partial charge in [-0.1, -0.05) is 57.7 Å². The van der Waals surface area contributed by atoms with Crippen molar-refractivity contribution in [1.29, 1.82) is 0 Å². The van der Waals surface area contributed by atoms with E-state index in [1.54, 1.807) is 0 Å². The maximum Gasteiger partial charge on any atom is 0.326 e. The number of H-pyrrole nitrogens is 1. The van der Waals surface area contributed by atoms with Crippen LogP contribution in [0.1, 0.15) is 50.7 Å². The van der Waals surface area contributed by atoms with Crippen LogP contribution in [0.15, 0.2) is 23.4 Å². The van der Waals surface area contributed by atoms with Crippen LogP contribution in [-0.2, 0) is 0 Å². The number of benzene rings is 1. The Morgan fingerprint density at radius 2 is 1.70 bits per heavy atom. The largest absolute Gasteiger partial charge is 0.326 e. The van der Waals surface area contributed by atoms with Crippen LogP contribution in [0.3, 0.4) is 0 Å². The highest BCUT2D eigenvalue weighted by molar-refractivity contribution is 7.98. The molecule has 0 atom stereocenters. The van der Waals surface area contributed by atoms with Gasteiger partial charge in [0.25, 0.3) is 0 Å². The number of thioether (sulfide) groups is 1. The summed E-state index contributed by atoms with van der Waals surface area (Å²) in [5.74, 6) is 0.967. The van der Waals surface area contributed by atoms with E-state index < -0.39 is 0 Å². The molecule has 0 aliphatic heterocycles. The van der Waals surface area contributed by atoms with Gasteiger partial charge in [0.05, 0.1) is 0 Å². The topological polar surface area (TPSA) is 82.7 Å². The number of carbonyl (C=O) groups excluding carboxylic acids is 1. The number of hydrogen-bond donors (Lipinski definition) is 3. The first-order valence-corrected chi connectivity index (χ1v) is 8.82. The number of nitrogens with one attached hydrogen (secondary N) is 3. The summed E-state index contributed by atoms with van der Waals surface area (Å²) in [6.07, 6.45) is 1.89. The summed E-state index contributed by atoms with van der Waals surface area (Å²) in [5, 5.41) is 14.1. The predicted molar refractivity (Wildman–Crippen MR) is 95.4 cm³/mol. The van der Waals surface area contributed by atoms with Crippen molar-refractivity contribution in [3.8, 4) is 0 Å². The van der Waals surface area contributed by atoms with E-state index in [1.807, 2.05) is 24.5 Å². The van der Waals surface area contributed by atoms with Gasteiger partial charge >= 0.3 is 6.03 Å². The number of hydrogen-bond acceptors (Lipinski definition) is 4. The number of carbonyl (C=O) groups is 1. The lowest BCUT2D eigenvalue weighted by Gasteiger charge is -2.20. The van der Waals surface area contributed by atoms with Crippen LogP contribution in [0.4, 0.5) is 16.4 Å². The molecule has 0 aliphatic rings. The molecule has 0 aliphatic carbocycles. The number of urea groups is 1. The summed E-state index contributed by atoms with van der Waals surface area (Å²) in [6, 6.07) is 5.80. The monoisotopic (exact) mass is 333 g/mol. The van der Waals surface area contributed by atoms with E-state index in [0.29, 0.717) is 22.9 Å². The van der Waals surface area contributed by atoms with E-state index >= 15 is 0 Å². The van der Waals surface area contributed by atoms with Crippen LogP contribution >= 0.6 is 11.8 Å². The summed E-state index contributed by atoms with van der Waals surface area (Å²) in [6.45, 7) is 8.46. The fourth-order valence-corrected chi connectivity index (χ4v) is 2.66. The summed E-state index contributed by atoms with van der Waals surface area (Å²) < 4.78 is 0. The minimum absolute atomic E-state index is 0.317. The molecule has 0 spiro atoms. The lowest BCUT2D eigenvalue weighted by Crippen LogP contribution is -2.22. The molecule has 0 unspecified atom stereocenters. The first-order chi connectivity index (χ1) is 10.9. The van der Waals surface area contributed by atoms with E-state index in [-0.39, 0.29) is 6.03 Å². The van der Waals surface area contributed by atoms with Crippen molar-refractivity contribution >= 4 is 29.4 Å². The van der Waals surface area contributed by atoms with Crippen molar-refractivity contribution < 1.29 is 4.79 Å². The zero-order chi connectivity index (χ0) is 17.0. The molecule has 2 rings (SSSR count). The highest BCUT2D eigenvalue weighted by Gasteiger charge is 2.16. The fourth-order valence-electron chi connectivity index (χ4n) is 2.34. The molecule has 0 bridgehead atoms. The molecule has 0 fully saturated rings. The molecule has 7 heteroatoms. The van der Waals surface area contributed by atoms with Crippen LogP contribution in [0.25, 0.3) is 0 Å². The Morgan fingerprint density at radius 3 is 2.17 bits per heavy atom. The third-order valence-corrected chi connectivity index (χ3v) is 4.07. The second kappa shape index (κ2) is 7.50. The fraction of sp³-hybridized carbons (Fsp3) is 0.438. The van der Waals surface area contributed by atoms with Gasteiger partial charge in [0.2, 0.25) is 5.95 Å². The lowest BCUT2D eigenvalue weighted by atomic mass is 9.93. The van der Waals surface area contributed by atoms with Crippen LogP contribution in [-0.4, -0.2) is 27.5 Å². The molecule has 2 aromatic rings. The maximum atomic E-state index is 12.3. The number of rotatable bonds is 5. The van der Waals surface area contributed by atoms with Crippen LogP contribution < -0.4 is 10.6 Å². The van der Waals surface area contributed by atoms with Gasteiger partial charge in [-0.3, -0.25) is 5.32 Å². The van der Waals surface area contributed by atoms with Crippen LogP contribution in [0, 0.1) is 0 Å². The first kappa shape index (κ1) is 17.3. The Morgan fingerprint density at radius 1 is 1.09 bits per heavy atom. The van der Waals surface area contributed by atoms with Crippen molar-refractivity contribution in [3.05, 3.63) is 29.3 Å².